The molecule has 0 spiro atoms. The van der Waals surface area contributed by atoms with Gasteiger partial charge in [-0.1, -0.05) is 37.3 Å². The lowest BCUT2D eigenvalue weighted by Crippen LogP contribution is -2.48. The first kappa shape index (κ1) is 25.9. The van der Waals surface area contributed by atoms with Gasteiger partial charge in [0.15, 0.2) is 5.43 Å². The van der Waals surface area contributed by atoms with Crippen molar-refractivity contribution in [3.63, 3.8) is 0 Å². The Hall–Kier alpha value is -3.23. The third-order valence-electron chi connectivity index (χ3n) is 6.16. The molecular formula is C28H35N5O2S. The summed E-state index contributed by atoms with van der Waals surface area (Å²) in [6.07, 6.45) is 8.64. The van der Waals surface area contributed by atoms with E-state index in [9.17, 15) is 9.00 Å². The molecule has 0 amide bonds. The van der Waals surface area contributed by atoms with E-state index >= 15 is 0 Å². The number of benzene rings is 1. The number of allylic oxidation sites excluding steroid dienone is 3. The molecule has 0 aliphatic carbocycles. The van der Waals surface area contributed by atoms with E-state index in [2.05, 4.69) is 32.8 Å². The van der Waals surface area contributed by atoms with Gasteiger partial charge in [-0.15, -0.1) is 0 Å². The van der Waals surface area contributed by atoms with Crippen LogP contribution in [0.15, 0.2) is 77.4 Å². The zero-order valence-electron chi connectivity index (χ0n) is 21.5. The first-order valence-electron chi connectivity index (χ1n) is 12.5. The van der Waals surface area contributed by atoms with Gasteiger partial charge in [0.25, 0.3) is 0 Å². The number of hydrogen-bond acceptors (Lipinski definition) is 5. The molecule has 3 heterocycles. The second-order valence-corrected chi connectivity index (χ2v) is 11.1. The number of hydrogen-bond donors (Lipinski definition) is 1. The van der Waals surface area contributed by atoms with Crippen LogP contribution in [0.1, 0.15) is 34.1 Å². The maximum absolute atomic E-state index is 13.2. The largest absolute Gasteiger partial charge is 0.354 e. The highest BCUT2D eigenvalue weighted by Gasteiger charge is 2.24. The number of para-hydroxylation sites is 1. The number of piperazine rings is 1. The van der Waals surface area contributed by atoms with E-state index < -0.39 is 11.0 Å². The van der Waals surface area contributed by atoms with Gasteiger partial charge in [0.2, 0.25) is 0 Å². The highest BCUT2D eigenvalue weighted by molar-refractivity contribution is 7.83. The molecule has 1 unspecified atom stereocenters. The summed E-state index contributed by atoms with van der Waals surface area (Å²) in [4.78, 5) is 20.0. The number of anilines is 2. The predicted octanol–water partition coefficient (Wildman–Crippen LogP) is 4.86. The maximum Gasteiger partial charge on any atom is 0.193 e. The fraction of sp³-hybridized carbons (Fsp3) is 0.357. The highest BCUT2D eigenvalue weighted by atomic mass is 32.2. The SMILES string of the molecule is C/C=C\C(=C/CC)Nc1cc(=O)c2cnc(N3CCN(S(=O)C(C)C)CC3)cc2n1-c1ccccc1. The van der Waals surface area contributed by atoms with Crippen molar-refractivity contribution in [2.24, 2.45) is 0 Å². The van der Waals surface area contributed by atoms with Crippen LogP contribution in [-0.4, -0.2) is 49.5 Å². The fourth-order valence-electron chi connectivity index (χ4n) is 4.43. The van der Waals surface area contributed by atoms with Crippen molar-refractivity contribution in [3.05, 3.63) is 82.8 Å². The summed E-state index contributed by atoms with van der Waals surface area (Å²) in [6, 6.07) is 13.7. The molecule has 1 atom stereocenters. The average molecular weight is 506 g/mol. The Kier molecular flexibility index (Phi) is 8.38. The molecule has 0 radical (unpaired) electrons. The van der Waals surface area contributed by atoms with Gasteiger partial charge in [0.05, 0.1) is 21.9 Å². The second kappa shape index (κ2) is 11.7. The lowest BCUT2D eigenvalue weighted by molar-refractivity contribution is 0.406. The molecule has 190 valence electrons. The molecule has 1 fully saturated rings. The molecule has 1 aromatic carbocycles. The standard InChI is InChI=1S/C28H35N5O2S/c1-5-10-22(11-6-2)30-28-19-26(34)24-20-29-27(18-25(24)33(28)23-12-8-7-9-13-23)31-14-16-32(17-15-31)36(35)21(3)4/h5,7-13,18-21,30H,6,14-17H2,1-4H3/b10-5-,22-11+. The quantitative estimate of drug-likeness (QED) is 0.443. The van der Waals surface area contributed by atoms with Crippen molar-refractivity contribution in [1.29, 1.82) is 0 Å². The van der Waals surface area contributed by atoms with Crippen LogP contribution < -0.4 is 15.6 Å². The molecule has 0 bridgehead atoms. The normalized spacial score (nSPS) is 16.2. The minimum atomic E-state index is -0.974. The Bertz CT molecular complexity index is 1340. The molecular weight excluding hydrogens is 470 g/mol. The van der Waals surface area contributed by atoms with Gasteiger partial charge in [-0.05, 0) is 45.4 Å². The zero-order chi connectivity index (χ0) is 25.7. The van der Waals surface area contributed by atoms with Crippen molar-refractivity contribution in [1.82, 2.24) is 13.9 Å². The molecule has 8 heteroatoms. The predicted molar refractivity (Wildman–Crippen MR) is 151 cm³/mol. The van der Waals surface area contributed by atoms with Crippen LogP contribution in [0.25, 0.3) is 16.6 Å². The smallest absolute Gasteiger partial charge is 0.193 e. The lowest BCUT2D eigenvalue weighted by atomic mass is 10.2. The Balaban J connectivity index is 1.79. The number of aromatic nitrogens is 2. The monoisotopic (exact) mass is 505 g/mol. The third kappa shape index (κ3) is 5.60. The third-order valence-corrected chi connectivity index (χ3v) is 7.84. The van der Waals surface area contributed by atoms with Crippen molar-refractivity contribution in [3.8, 4) is 5.69 Å². The Morgan fingerprint density at radius 2 is 1.86 bits per heavy atom. The van der Waals surface area contributed by atoms with Gasteiger partial charge < -0.3 is 10.2 Å². The molecule has 7 nitrogen and oxygen atoms in total. The minimum Gasteiger partial charge on any atom is -0.354 e. The topological polar surface area (TPSA) is 70.5 Å². The first-order chi connectivity index (χ1) is 17.4. The van der Waals surface area contributed by atoms with Crippen molar-refractivity contribution < 1.29 is 4.21 Å². The summed E-state index contributed by atoms with van der Waals surface area (Å²) < 4.78 is 16.6. The highest BCUT2D eigenvalue weighted by Crippen LogP contribution is 2.27. The lowest BCUT2D eigenvalue weighted by Gasteiger charge is -2.35. The van der Waals surface area contributed by atoms with E-state index in [-0.39, 0.29) is 10.7 Å². The molecule has 1 N–H and O–H groups in total. The fourth-order valence-corrected chi connectivity index (χ4v) is 5.55. The minimum absolute atomic E-state index is 0.0767. The van der Waals surface area contributed by atoms with Gasteiger partial charge in [-0.25, -0.2) is 13.5 Å². The van der Waals surface area contributed by atoms with Crippen molar-refractivity contribution >= 4 is 33.5 Å². The van der Waals surface area contributed by atoms with Crippen LogP contribution in [0.2, 0.25) is 0 Å². The van der Waals surface area contributed by atoms with Gasteiger partial charge in [-0.2, -0.15) is 0 Å². The van der Waals surface area contributed by atoms with E-state index in [1.54, 1.807) is 12.3 Å². The molecule has 36 heavy (non-hydrogen) atoms. The van der Waals surface area contributed by atoms with Crippen LogP contribution >= 0.6 is 0 Å². The van der Waals surface area contributed by atoms with E-state index in [4.69, 9.17) is 0 Å². The van der Waals surface area contributed by atoms with E-state index in [0.29, 0.717) is 24.3 Å². The zero-order valence-corrected chi connectivity index (χ0v) is 22.3. The molecule has 2 aromatic heterocycles. The Morgan fingerprint density at radius 1 is 1.14 bits per heavy atom. The summed E-state index contributed by atoms with van der Waals surface area (Å²) in [7, 11) is -0.974. The number of nitrogens with one attached hydrogen (secondary N) is 1. The number of rotatable bonds is 8. The number of pyridine rings is 2. The van der Waals surface area contributed by atoms with Crippen LogP contribution in [0, 0.1) is 0 Å². The van der Waals surface area contributed by atoms with Gasteiger partial charge in [0.1, 0.15) is 11.6 Å². The van der Waals surface area contributed by atoms with Gasteiger partial charge in [0, 0.05) is 61.1 Å². The molecule has 1 saturated heterocycles. The Labute approximate surface area is 215 Å². The summed E-state index contributed by atoms with van der Waals surface area (Å²) >= 11 is 0. The van der Waals surface area contributed by atoms with E-state index in [1.807, 2.05) is 73.6 Å². The number of fused-ring (bicyclic) bond motifs is 1. The molecule has 4 rings (SSSR count). The maximum atomic E-state index is 13.2. The number of nitrogens with zero attached hydrogens (tertiary/aromatic N) is 4. The van der Waals surface area contributed by atoms with Crippen molar-refractivity contribution in [2.75, 3.05) is 36.4 Å². The molecule has 1 aliphatic rings. The van der Waals surface area contributed by atoms with E-state index in [1.165, 1.54) is 0 Å². The van der Waals surface area contributed by atoms with Gasteiger partial charge >= 0.3 is 0 Å². The van der Waals surface area contributed by atoms with E-state index in [0.717, 1.165) is 42.2 Å². The van der Waals surface area contributed by atoms with Crippen molar-refractivity contribution in [2.45, 2.75) is 39.4 Å². The Morgan fingerprint density at radius 3 is 2.50 bits per heavy atom. The van der Waals surface area contributed by atoms with Crippen LogP contribution in [-0.2, 0) is 11.0 Å². The summed E-state index contributed by atoms with van der Waals surface area (Å²) in [5, 5.41) is 4.15. The molecule has 1 aliphatic heterocycles. The molecule has 0 saturated carbocycles. The average Bonchev–Trinajstić information content (AvgIpc) is 2.89. The van der Waals surface area contributed by atoms with Crippen LogP contribution in [0.4, 0.5) is 11.6 Å². The summed E-state index contributed by atoms with van der Waals surface area (Å²) in [5.41, 5.74) is 2.61. The van der Waals surface area contributed by atoms with Gasteiger partial charge in [-0.3, -0.25) is 9.36 Å². The first-order valence-corrected chi connectivity index (χ1v) is 13.7. The van der Waals surface area contributed by atoms with Crippen LogP contribution in [0.5, 0.6) is 0 Å². The molecule has 3 aromatic rings. The summed E-state index contributed by atoms with van der Waals surface area (Å²) in [5.74, 6) is 1.52. The summed E-state index contributed by atoms with van der Waals surface area (Å²) in [6.45, 7) is 10.9. The second-order valence-electron chi connectivity index (χ2n) is 9.06. The van der Waals surface area contributed by atoms with Crippen LogP contribution in [0.3, 0.4) is 0 Å².